The first-order chi connectivity index (χ1) is 7.20. The second-order valence-electron chi connectivity index (χ2n) is 3.35. The summed E-state index contributed by atoms with van der Waals surface area (Å²) < 4.78 is 7.01. The first-order valence-corrected chi connectivity index (χ1v) is 4.65. The summed E-state index contributed by atoms with van der Waals surface area (Å²) >= 11 is 0. The number of imidazole rings is 1. The summed E-state index contributed by atoms with van der Waals surface area (Å²) in [7, 11) is 1.60. The number of aryl methyl sites for hydroxylation is 1. The van der Waals surface area contributed by atoms with Crippen LogP contribution in [0, 0.1) is 6.92 Å². The molecule has 1 aromatic carbocycles. The predicted molar refractivity (Wildman–Crippen MR) is 59.3 cm³/mol. The van der Waals surface area contributed by atoms with Crippen LogP contribution in [0.15, 0.2) is 30.7 Å². The summed E-state index contributed by atoms with van der Waals surface area (Å²) in [6.07, 6.45) is 3.71. The molecule has 4 nitrogen and oxygen atoms in total. The largest absolute Gasteiger partial charge is 0.495 e. The molecule has 0 radical (unpaired) electrons. The molecule has 0 bridgehead atoms. The normalized spacial score (nSPS) is 10.3. The van der Waals surface area contributed by atoms with Crippen molar-refractivity contribution in [3.63, 3.8) is 0 Å². The lowest BCUT2D eigenvalue weighted by molar-refractivity contribution is 0.417. The van der Waals surface area contributed by atoms with E-state index in [1.807, 2.05) is 35.9 Å². The molecule has 0 aliphatic rings. The molecular formula is C11H13N3O. The molecular weight excluding hydrogens is 190 g/mol. The van der Waals surface area contributed by atoms with Crippen molar-refractivity contribution in [1.82, 2.24) is 9.55 Å². The minimum atomic E-state index is 0.626. The molecule has 4 heteroatoms. The zero-order valence-electron chi connectivity index (χ0n) is 8.77. The molecule has 2 aromatic rings. The van der Waals surface area contributed by atoms with E-state index >= 15 is 0 Å². The molecule has 0 aliphatic heterocycles. The van der Waals surface area contributed by atoms with Crippen molar-refractivity contribution in [2.45, 2.75) is 6.92 Å². The van der Waals surface area contributed by atoms with Crippen molar-refractivity contribution >= 4 is 5.69 Å². The van der Waals surface area contributed by atoms with E-state index in [2.05, 4.69) is 4.98 Å². The van der Waals surface area contributed by atoms with E-state index in [0.717, 1.165) is 11.4 Å². The van der Waals surface area contributed by atoms with Crippen LogP contribution in [0.2, 0.25) is 0 Å². The van der Waals surface area contributed by atoms with E-state index in [9.17, 15) is 0 Å². The summed E-state index contributed by atoms with van der Waals surface area (Å²) in [6, 6.07) is 5.65. The fourth-order valence-corrected chi connectivity index (χ4v) is 1.44. The third kappa shape index (κ3) is 1.79. The number of hydrogen-bond acceptors (Lipinski definition) is 3. The number of rotatable bonds is 2. The highest BCUT2D eigenvalue weighted by molar-refractivity contribution is 5.58. The van der Waals surface area contributed by atoms with Crippen molar-refractivity contribution in [2.75, 3.05) is 12.8 Å². The molecule has 0 unspecified atom stereocenters. The van der Waals surface area contributed by atoms with Crippen LogP contribution in [0.5, 0.6) is 5.75 Å². The number of nitrogens with zero attached hydrogens (tertiary/aromatic N) is 2. The Labute approximate surface area is 88.3 Å². The second-order valence-corrected chi connectivity index (χ2v) is 3.35. The molecule has 0 atom stereocenters. The Bertz CT molecular complexity index is 476. The van der Waals surface area contributed by atoms with E-state index < -0.39 is 0 Å². The van der Waals surface area contributed by atoms with Gasteiger partial charge >= 0.3 is 0 Å². The first kappa shape index (κ1) is 9.58. The number of hydrogen-bond donors (Lipinski definition) is 1. The fraction of sp³-hybridized carbons (Fsp3) is 0.182. The molecule has 1 heterocycles. The molecule has 0 spiro atoms. The zero-order valence-corrected chi connectivity index (χ0v) is 8.77. The number of methoxy groups -OCH3 is 1. The minimum Gasteiger partial charge on any atom is -0.495 e. The molecule has 2 rings (SSSR count). The van der Waals surface area contributed by atoms with Gasteiger partial charge < -0.3 is 15.0 Å². The maximum Gasteiger partial charge on any atom is 0.141 e. The number of ether oxygens (including phenoxy) is 1. The van der Waals surface area contributed by atoms with Gasteiger partial charge in [0.25, 0.3) is 0 Å². The lowest BCUT2D eigenvalue weighted by atomic mass is 10.2. The van der Waals surface area contributed by atoms with Crippen LogP contribution in [0.1, 0.15) is 5.69 Å². The molecule has 0 amide bonds. The summed E-state index contributed by atoms with van der Waals surface area (Å²) in [6.45, 7) is 1.95. The van der Waals surface area contributed by atoms with Crippen LogP contribution in [0.3, 0.4) is 0 Å². The number of benzene rings is 1. The molecule has 0 saturated carbocycles. The SMILES string of the molecule is COc1ccc(-n2cnc(C)c2)cc1N. The van der Waals surface area contributed by atoms with Gasteiger partial charge in [-0.15, -0.1) is 0 Å². The van der Waals surface area contributed by atoms with E-state index in [-0.39, 0.29) is 0 Å². The lowest BCUT2D eigenvalue weighted by Gasteiger charge is -2.07. The van der Waals surface area contributed by atoms with Crippen LogP contribution in [0.4, 0.5) is 5.69 Å². The third-order valence-electron chi connectivity index (χ3n) is 2.22. The number of nitrogens with two attached hydrogens (primary N) is 1. The maximum atomic E-state index is 5.82. The minimum absolute atomic E-state index is 0.626. The van der Waals surface area contributed by atoms with Gasteiger partial charge in [0.15, 0.2) is 0 Å². The first-order valence-electron chi connectivity index (χ1n) is 4.65. The van der Waals surface area contributed by atoms with Gasteiger partial charge in [0.2, 0.25) is 0 Å². The highest BCUT2D eigenvalue weighted by Crippen LogP contribution is 2.23. The standard InChI is InChI=1S/C11H13N3O/c1-8-6-14(7-13-8)9-3-4-11(15-2)10(12)5-9/h3-7H,12H2,1-2H3. The molecule has 1 aromatic heterocycles. The van der Waals surface area contributed by atoms with Gasteiger partial charge in [0.1, 0.15) is 5.75 Å². The van der Waals surface area contributed by atoms with Gasteiger partial charge in [-0.2, -0.15) is 0 Å². The third-order valence-corrected chi connectivity index (χ3v) is 2.22. The van der Waals surface area contributed by atoms with Crippen LogP contribution >= 0.6 is 0 Å². The van der Waals surface area contributed by atoms with Gasteiger partial charge in [0, 0.05) is 11.9 Å². The highest BCUT2D eigenvalue weighted by atomic mass is 16.5. The Morgan fingerprint density at radius 1 is 1.40 bits per heavy atom. The zero-order chi connectivity index (χ0) is 10.8. The Morgan fingerprint density at radius 2 is 2.20 bits per heavy atom. The number of anilines is 1. The maximum absolute atomic E-state index is 5.82. The van der Waals surface area contributed by atoms with Gasteiger partial charge in [-0.3, -0.25) is 0 Å². The van der Waals surface area contributed by atoms with E-state index in [4.69, 9.17) is 10.5 Å². The molecule has 78 valence electrons. The quantitative estimate of drug-likeness (QED) is 0.757. The van der Waals surface area contributed by atoms with E-state index in [1.54, 1.807) is 13.4 Å². The number of aromatic nitrogens is 2. The monoisotopic (exact) mass is 203 g/mol. The van der Waals surface area contributed by atoms with Crippen LogP contribution in [-0.4, -0.2) is 16.7 Å². The Hall–Kier alpha value is -1.97. The van der Waals surface area contributed by atoms with Gasteiger partial charge in [-0.25, -0.2) is 4.98 Å². The van der Waals surface area contributed by atoms with Crippen LogP contribution in [-0.2, 0) is 0 Å². The fourth-order valence-electron chi connectivity index (χ4n) is 1.44. The van der Waals surface area contributed by atoms with Gasteiger partial charge in [-0.05, 0) is 25.1 Å². The second kappa shape index (κ2) is 3.65. The summed E-state index contributed by atoms with van der Waals surface area (Å²) in [4.78, 5) is 4.16. The van der Waals surface area contributed by atoms with Crippen LogP contribution < -0.4 is 10.5 Å². The van der Waals surface area contributed by atoms with Gasteiger partial charge in [-0.1, -0.05) is 0 Å². The lowest BCUT2D eigenvalue weighted by Crippen LogP contribution is -1.96. The van der Waals surface area contributed by atoms with Crippen molar-refractivity contribution in [3.05, 3.63) is 36.4 Å². The molecule has 2 N–H and O–H groups in total. The van der Waals surface area contributed by atoms with Crippen molar-refractivity contribution in [2.24, 2.45) is 0 Å². The van der Waals surface area contributed by atoms with Crippen LogP contribution in [0.25, 0.3) is 5.69 Å². The van der Waals surface area contributed by atoms with E-state index in [1.165, 1.54) is 0 Å². The Kier molecular flexibility index (Phi) is 2.33. The Morgan fingerprint density at radius 3 is 2.73 bits per heavy atom. The van der Waals surface area contributed by atoms with Gasteiger partial charge in [0.05, 0.1) is 24.8 Å². The Balaban J connectivity index is 2.42. The molecule has 0 fully saturated rings. The molecule has 0 aliphatic carbocycles. The predicted octanol–water partition coefficient (Wildman–Crippen LogP) is 1.77. The van der Waals surface area contributed by atoms with Crippen molar-refractivity contribution < 1.29 is 4.74 Å². The smallest absolute Gasteiger partial charge is 0.141 e. The summed E-state index contributed by atoms with van der Waals surface area (Å²) in [5.74, 6) is 0.690. The average Bonchev–Trinajstić information content (AvgIpc) is 2.65. The summed E-state index contributed by atoms with van der Waals surface area (Å²) in [5.41, 5.74) is 8.40. The summed E-state index contributed by atoms with van der Waals surface area (Å²) in [5, 5.41) is 0. The highest BCUT2D eigenvalue weighted by Gasteiger charge is 2.02. The van der Waals surface area contributed by atoms with Crippen molar-refractivity contribution in [3.8, 4) is 11.4 Å². The van der Waals surface area contributed by atoms with Crippen molar-refractivity contribution in [1.29, 1.82) is 0 Å². The average molecular weight is 203 g/mol. The number of nitrogen functional groups attached to an aromatic ring is 1. The molecule has 0 saturated heterocycles. The molecule has 15 heavy (non-hydrogen) atoms. The topological polar surface area (TPSA) is 53.1 Å². The van der Waals surface area contributed by atoms with E-state index in [0.29, 0.717) is 11.4 Å².